The van der Waals surface area contributed by atoms with Crippen molar-refractivity contribution in [2.75, 3.05) is 26.2 Å². The molecule has 164 valence electrons. The highest BCUT2D eigenvalue weighted by molar-refractivity contribution is 5.95. The van der Waals surface area contributed by atoms with Crippen LogP contribution in [0.2, 0.25) is 0 Å². The zero-order valence-electron chi connectivity index (χ0n) is 18.0. The lowest BCUT2D eigenvalue weighted by Gasteiger charge is -2.41. The summed E-state index contributed by atoms with van der Waals surface area (Å²) >= 11 is 0. The Labute approximate surface area is 187 Å². The molecule has 2 amide bonds. The summed E-state index contributed by atoms with van der Waals surface area (Å²) in [6, 6.07) is 15.4. The predicted molar refractivity (Wildman–Crippen MR) is 121 cm³/mol. The molecule has 1 aliphatic heterocycles. The number of aromatic nitrogens is 2. The average Bonchev–Trinajstić information content (AvgIpc) is 2.85. The van der Waals surface area contributed by atoms with Gasteiger partial charge < -0.3 is 15.0 Å². The van der Waals surface area contributed by atoms with Gasteiger partial charge in [-0.05, 0) is 41.8 Å². The molecule has 1 fully saturated rings. The largest absolute Gasteiger partial charge is 0.361 e. The molecule has 0 radical (unpaired) electrons. The summed E-state index contributed by atoms with van der Waals surface area (Å²) in [4.78, 5) is 36.0. The fourth-order valence-electron chi connectivity index (χ4n) is 3.95. The molecule has 32 heavy (non-hydrogen) atoms. The van der Waals surface area contributed by atoms with Gasteiger partial charge in [-0.2, -0.15) is 0 Å². The quantitative estimate of drug-likeness (QED) is 0.650. The molecule has 0 unspecified atom stereocenters. The number of rotatable bonds is 6. The van der Waals surface area contributed by atoms with Crippen LogP contribution in [0.25, 0.3) is 11.1 Å². The van der Waals surface area contributed by atoms with Gasteiger partial charge in [-0.3, -0.25) is 19.6 Å². The summed E-state index contributed by atoms with van der Waals surface area (Å²) < 4.78 is 6.08. The molecule has 1 aliphatic rings. The fourth-order valence-corrected chi connectivity index (χ4v) is 3.95. The Morgan fingerprint density at radius 2 is 1.78 bits per heavy atom. The molecule has 1 aromatic carbocycles. The Kier molecular flexibility index (Phi) is 6.56. The summed E-state index contributed by atoms with van der Waals surface area (Å²) in [7, 11) is 0. The number of carbonyl (C=O) groups excluding carboxylic acids is 2. The van der Waals surface area contributed by atoms with Crippen molar-refractivity contribution in [2.24, 2.45) is 0 Å². The standard InChI is InChI=1S/C25H26N4O3/c1-2-28-24(31)25(15-19-7-9-20(10-8-19)21-5-3-11-26-16-21)18-29(13-14-32-25)23(30)22-6-4-12-27-17-22/h3-12,16-17H,2,13-15,18H2,1H3,(H,28,31)/t25-/m1/s1. The van der Waals surface area contributed by atoms with E-state index in [2.05, 4.69) is 15.3 Å². The molecule has 0 bridgehead atoms. The molecular weight excluding hydrogens is 404 g/mol. The second-order valence-electron chi connectivity index (χ2n) is 7.79. The fraction of sp³-hybridized carbons (Fsp3) is 0.280. The SMILES string of the molecule is CCNC(=O)[C@@]1(Cc2ccc(-c3cccnc3)cc2)CN(C(=O)c2cccnc2)CCO1. The molecule has 1 atom stereocenters. The molecule has 7 heteroatoms. The highest BCUT2D eigenvalue weighted by Crippen LogP contribution is 2.27. The lowest BCUT2D eigenvalue weighted by Crippen LogP contribution is -2.62. The van der Waals surface area contributed by atoms with Gasteiger partial charge in [-0.25, -0.2) is 0 Å². The van der Waals surface area contributed by atoms with Crippen LogP contribution in [0.1, 0.15) is 22.8 Å². The summed E-state index contributed by atoms with van der Waals surface area (Å²) in [6.45, 7) is 3.25. The summed E-state index contributed by atoms with van der Waals surface area (Å²) in [6.07, 6.45) is 7.10. The Morgan fingerprint density at radius 3 is 2.44 bits per heavy atom. The Balaban J connectivity index is 1.57. The van der Waals surface area contributed by atoms with Crippen molar-refractivity contribution < 1.29 is 14.3 Å². The van der Waals surface area contributed by atoms with Gasteiger partial charge >= 0.3 is 0 Å². The van der Waals surface area contributed by atoms with Crippen molar-refractivity contribution in [2.45, 2.75) is 18.9 Å². The van der Waals surface area contributed by atoms with E-state index < -0.39 is 5.60 Å². The number of likely N-dealkylation sites (N-methyl/N-ethyl adjacent to an activating group) is 1. The number of morpholine rings is 1. The van der Waals surface area contributed by atoms with Crippen molar-refractivity contribution in [1.29, 1.82) is 0 Å². The maximum atomic E-state index is 13.1. The number of nitrogens with one attached hydrogen (secondary N) is 1. The molecule has 7 nitrogen and oxygen atoms in total. The summed E-state index contributed by atoms with van der Waals surface area (Å²) in [5.41, 5.74) is 2.38. The number of hydrogen-bond acceptors (Lipinski definition) is 5. The third-order valence-electron chi connectivity index (χ3n) is 5.57. The lowest BCUT2D eigenvalue weighted by atomic mass is 9.90. The van der Waals surface area contributed by atoms with Crippen LogP contribution in [0.5, 0.6) is 0 Å². The van der Waals surface area contributed by atoms with Crippen molar-refractivity contribution in [1.82, 2.24) is 20.2 Å². The molecule has 3 heterocycles. The van der Waals surface area contributed by atoms with E-state index in [1.165, 1.54) is 0 Å². The molecule has 1 saturated heterocycles. The minimum atomic E-state index is -1.15. The normalized spacial score (nSPS) is 18.2. The number of nitrogens with zero attached hydrogens (tertiary/aromatic N) is 3. The number of ether oxygens (including phenoxy) is 1. The van der Waals surface area contributed by atoms with Gasteiger partial charge in [-0.15, -0.1) is 0 Å². The molecule has 0 aliphatic carbocycles. The van der Waals surface area contributed by atoms with Gasteiger partial charge in [0, 0.05) is 44.3 Å². The third-order valence-corrected chi connectivity index (χ3v) is 5.57. The maximum absolute atomic E-state index is 13.1. The highest BCUT2D eigenvalue weighted by atomic mass is 16.5. The van der Waals surface area contributed by atoms with Gasteiger partial charge in [0.1, 0.15) is 0 Å². The van der Waals surface area contributed by atoms with Gasteiger partial charge in [0.25, 0.3) is 11.8 Å². The van der Waals surface area contributed by atoms with Crippen LogP contribution in [0.15, 0.2) is 73.3 Å². The van der Waals surface area contributed by atoms with Gasteiger partial charge in [0.2, 0.25) is 0 Å². The van der Waals surface area contributed by atoms with Crippen LogP contribution >= 0.6 is 0 Å². The number of pyridine rings is 2. The van der Waals surface area contributed by atoms with Crippen molar-refractivity contribution in [3.05, 3.63) is 84.4 Å². The molecule has 0 spiro atoms. The first kappa shape index (κ1) is 21.6. The van der Waals surface area contributed by atoms with Crippen LogP contribution in [-0.2, 0) is 16.0 Å². The Bertz CT molecular complexity index is 1060. The van der Waals surface area contributed by atoms with E-state index in [0.29, 0.717) is 25.1 Å². The Hall–Kier alpha value is -3.58. The highest BCUT2D eigenvalue weighted by Gasteiger charge is 2.45. The van der Waals surface area contributed by atoms with E-state index in [1.807, 2.05) is 49.5 Å². The van der Waals surface area contributed by atoms with Gasteiger partial charge in [0.05, 0.1) is 18.7 Å². The molecule has 3 aromatic rings. The predicted octanol–water partition coefficient (Wildman–Crippen LogP) is 2.73. The van der Waals surface area contributed by atoms with E-state index in [9.17, 15) is 9.59 Å². The van der Waals surface area contributed by atoms with E-state index >= 15 is 0 Å². The van der Waals surface area contributed by atoms with E-state index in [-0.39, 0.29) is 25.0 Å². The average molecular weight is 431 g/mol. The van der Waals surface area contributed by atoms with Gasteiger partial charge in [-0.1, -0.05) is 30.3 Å². The third kappa shape index (κ3) is 4.68. The van der Waals surface area contributed by atoms with Crippen LogP contribution in [0, 0.1) is 0 Å². The minimum Gasteiger partial charge on any atom is -0.361 e. The maximum Gasteiger partial charge on any atom is 0.255 e. The number of amides is 2. The monoisotopic (exact) mass is 430 g/mol. The van der Waals surface area contributed by atoms with E-state index in [4.69, 9.17) is 4.74 Å². The molecular formula is C25H26N4O3. The van der Waals surface area contributed by atoms with Crippen LogP contribution in [0.4, 0.5) is 0 Å². The van der Waals surface area contributed by atoms with Crippen molar-refractivity contribution in [3.8, 4) is 11.1 Å². The van der Waals surface area contributed by atoms with Crippen LogP contribution in [0.3, 0.4) is 0 Å². The first-order chi connectivity index (χ1) is 15.6. The topological polar surface area (TPSA) is 84.4 Å². The zero-order chi connectivity index (χ0) is 22.4. The number of hydrogen-bond donors (Lipinski definition) is 1. The second kappa shape index (κ2) is 9.70. The second-order valence-corrected chi connectivity index (χ2v) is 7.79. The van der Waals surface area contributed by atoms with Gasteiger partial charge in [0.15, 0.2) is 5.60 Å². The van der Waals surface area contributed by atoms with Crippen molar-refractivity contribution >= 4 is 11.8 Å². The molecule has 0 saturated carbocycles. The van der Waals surface area contributed by atoms with Crippen LogP contribution in [-0.4, -0.2) is 58.5 Å². The molecule has 2 aromatic heterocycles. The zero-order valence-corrected chi connectivity index (χ0v) is 18.0. The Morgan fingerprint density at radius 1 is 1.03 bits per heavy atom. The number of carbonyl (C=O) groups is 2. The van der Waals surface area contributed by atoms with Crippen LogP contribution < -0.4 is 5.32 Å². The molecule has 4 rings (SSSR count). The number of benzene rings is 1. The first-order valence-corrected chi connectivity index (χ1v) is 10.7. The summed E-state index contributed by atoms with van der Waals surface area (Å²) in [5, 5.41) is 2.89. The summed E-state index contributed by atoms with van der Waals surface area (Å²) in [5.74, 6) is -0.359. The smallest absolute Gasteiger partial charge is 0.255 e. The lowest BCUT2D eigenvalue weighted by molar-refractivity contribution is -0.157. The minimum absolute atomic E-state index is 0.151. The molecule has 1 N–H and O–H groups in total. The van der Waals surface area contributed by atoms with E-state index in [1.54, 1.807) is 35.6 Å². The van der Waals surface area contributed by atoms with Crippen molar-refractivity contribution in [3.63, 3.8) is 0 Å². The first-order valence-electron chi connectivity index (χ1n) is 10.7. The van der Waals surface area contributed by atoms with E-state index in [0.717, 1.165) is 16.7 Å².